The second-order valence-electron chi connectivity index (χ2n) is 5.30. The molecule has 0 fully saturated rings. The largest absolute Gasteiger partial charge is 0.504 e. The molecule has 0 bridgehead atoms. The minimum Gasteiger partial charge on any atom is -0.504 e. The summed E-state index contributed by atoms with van der Waals surface area (Å²) in [4.78, 5) is 7.63. The fraction of sp³-hybridized carbons (Fsp3) is 0.0588. The topological polar surface area (TPSA) is 78.3 Å². The first kappa shape index (κ1) is 17.5. The van der Waals surface area contributed by atoms with E-state index in [0.717, 1.165) is 30.5 Å². The Balaban J connectivity index is 1.94. The van der Waals surface area contributed by atoms with Gasteiger partial charge in [-0.2, -0.15) is 13.2 Å². The Morgan fingerprint density at radius 2 is 1.73 bits per heavy atom. The van der Waals surface area contributed by atoms with Crippen molar-refractivity contribution in [1.29, 1.82) is 0 Å². The van der Waals surface area contributed by atoms with Crippen molar-refractivity contribution in [3.8, 4) is 22.8 Å². The van der Waals surface area contributed by atoms with E-state index in [9.17, 15) is 27.8 Å². The Labute approximate surface area is 144 Å². The fourth-order valence-electron chi connectivity index (χ4n) is 2.20. The molecule has 0 aliphatic carbocycles. The van der Waals surface area contributed by atoms with E-state index >= 15 is 0 Å². The van der Waals surface area contributed by atoms with E-state index in [1.165, 1.54) is 18.2 Å². The Morgan fingerprint density at radius 1 is 0.962 bits per heavy atom. The minimum absolute atomic E-state index is 0.0749. The van der Waals surface area contributed by atoms with Crippen molar-refractivity contribution in [2.45, 2.75) is 6.18 Å². The summed E-state index contributed by atoms with van der Waals surface area (Å²) >= 11 is 0. The predicted molar refractivity (Wildman–Crippen MR) is 85.5 cm³/mol. The van der Waals surface area contributed by atoms with Crippen LogP contribution in [0.4, 0.5) is 29.2 Å². The number of alkyl halides is 3. The normalized spacial score (nSPS) is 11.4. The van der Waals surface area contributed by atoms with Crippen LogP contribution in [0.15, 0.2) is 48.7 Å². The van der Waals surface area contributed by atoms with Gasteiger partial charge in [0.2, 0.25) is 5.95 Å². The number of rotatable bonds is 3. The number of nitrogens with one attached hydrogen (secondary N) is 1. The molecule has 3 N–H and O–H groups in total. The van der Waals surface area contributed by atoms with Gasteiger partial charge in [0.25, 0.3) is 0 Å². The van der Waals surface area contributed by atoms with Gasteiger partial charge in [0, 0.05) is 11.3 Å². The fourth-order valence-corrected chi connectivity index (χ4v) is 2.20. The van der Waals surface area contributed by atoms with Gasteiger partial charge in [-0.05, 0) is 36.4 Å². The molecule has 3 rings (SSSR count). The minimum atomic E-state index is -4.50. The van der Waals surface area contributed by atoms with Gasteiger partial charge in [-0.3, -0.25) is 0 Å². The summed E-state index contributed by atoms with van der Waals surface area (Å²) in [5.41, 5.74) is -0.809. The third-order valence-electron chi connectivity index (χ3n) is 3.44. The number of hydrogen-bond donors (Lipinski definition) is 3. The summed E-state index contributed by atoms with van der Waals surface area (Å²) in [6.07, 6.45) is -3.65. The zero-order valence-electron chi connectivity index (χ0n) is 12.9. The van der Waals surface area contributed by atoms with Crippen molar-refractivity contribution in [3.05, 3.63) is 60.0 Å². The highest BCUT2D eigenvalue weighted by molar-refractivity contribution is 5.66. The van der Waals surface area contributed by atoms with E-state index in [4.69, 9.17) is 0 Å². The first-order valence-corrected chi connectivity index (χ1v) is 7.23. The smallest absolute Gasteiger partial charge is 0.416 e. The lowest BCUT2D eigenvalue weighted by Crippen LogP contribution is -2.06. The van der Waals surface area contributed by atoms with Crippen molar-refractivity contribution in [2.75, 3.05) is 5.32 Å². The number of benzene rings is 2. The van der Waals surface area contributed by atoms with Crippen LogP contribution in [0.1, 0.15) is 5.56 Å². The highest BCUT2D eigenvalue weighted by Crippen LogP contribution is 2.33. The molecule has 0 atom stereocenters. The molecule has 0 radical (unpaired) electrons. The molecule has 0 aliphatic heterocycles. The summed E-state index contributed by atoms with van der Waals surface area (Å²) in [5, 5.41) is 21.4. The molecule has 0 aliphatic rings. The SMILES string of the molecule is Oc1ccc(-c2nc(Nc3cccc(C(F)(F)F)c3)ncc2F)cc1O. The maximum absolute atomic E-state index is 14.0. The van der Waals surface area contributed by atoms with Crippen LogP contribution in [0.5, 0.6) is 11.5 Å². The van der Waals surface area contributed by atoms with Crippen LogP contribution in [0, 0.1) is 5.82 Å². The molecule has 5 nitrogen and oxygen atoms in total. The van der Waals surface area contributed by atoms with E-state index < -0.39 is 23.3 Å². The van der Waals surface area contributed by atoms with Gasteiger partial charge in [0.05, 0.1) is 11.8 Å². The van der Waals surface area contributed by atoms with Gasteiger partial charge in [-0.25, -0.2) is 14.4 Å². The van der Waals surface area contributed by atoms with Crippen LogP contribution in [0.25, 0.3) is 11.3 Å². The average Bonchev–Trinajstić information content (AvgIpc) is 2.59. The Bertz CT molecular complexity index is 961. The number of phenols is 2. The summed E-state index contributed by atoms with van der Waals surface area (Å²) < 4.78 is 52.3. The average molecular weight is 365 g/mol. The molecule has 1 aromatic heterocycles. The first-order valence-electron chi connectivity index (χ1n) is 7.23. The molecule has 0 saturated heterocycles. The van der Waals surface area contributed by atoms with Gasteiger partial charge in [-0.15, -0.1) is 0 Å². The lowest BCUT2D eigenvalue weighted by molar-refractivity contribution is -0.137. The van der Waals surface area contributed by atoms with Crippen molar-refractivity contribution in [2.24, 2.45) is 0 Å². The lowest BCUT2D eigenvalue weighted by Gasteiger charge is -2.11. The molecule has 0 spiro atoms. The monoisotopic (exact) mass is 365 g/mol. The van der Waals surface area contributed by atoms with Gasteiger partial charge in [0.15, 0.2) is 17.3 Å². The van der Waals surface area contributed by atoms with Crippen molar-refractivity contribution in [1.82, 2.24) is 9.97 Å². The third-order valence-corrected chi connectivity index (χ3v) is 3.44. The number of aromatic nitrogens is 2. The third kappa shape index (κ3) is 3.66. The molecule has 3 aromatic rings. The van der Waals surface area contributed by atoms with E-state index in [-0.39, 0.29) is 28.6 Å². The lowest BCUT2D eigenvalue weighted by atomic mass is 10.1. The van der Waals surface area contributed by atoms with Crippen LogP contribution in [-0.4, -0.2) is 20.2 Å². The van der Waals surface area contributed by atoms with Crippen molar-refractivity contribution < 1.29 is 27.8 Å². The molecule has 0 saturated carbocycles. The first-order chi connectivity index (χ1) is 12.2. The van der Waals surface area contributed by atoms with Gasteiger partial charge < -0.3 is 15.5 Å². The predicted octanol–water partition coefficient (Wildman–Crippen LogP) is 4.46. The molecule has 9 heteroatoms. The number of hydrogen-bond acceptors (Lipinski definition) is 5. The second kappa shape index (κ2) is 6.51. The van der Waals surface area contributed by atoms with Crippen LogP contribution in [0.3, 0.4) is 0 Å². The molecule has 2 aromatic carbocycles. The molecule has 134 valence electrons. The van der Waals surface area contributed by atoms with E-state index in [2.05, 4.69) is 15.3 Å². The molecular formula is C17H11F4N3O2. The standard InChI is InChI=1S/C17H11F4N3O2/c18-12-8-22-16(23-11-3-1-2-10(7-11)17(19,20)21)24-15(12)9-4-5-13(25)14(26)6-9/h1-8,25-26H,(H,22,23,24). The van der Waals surface area contributed by atoms with Crippen molar-refractivity contribution in [3.63, 3.8) is 0 Å². The molecular weight excluding hydrogens is 354 g/mol. The summed E-state index contributed by atoms with van der Waals surface area (Å²) in [7, 11) is 0. The Morgan fingerprint density at radius 3 is 2.42 bits per heavy atom. The highest BCUT2D eigenvalue weighted by Gasteiger charge is 2.30. The van der Waals surface area contributed by atoms with Crippen LogP contribution in [-0.2, 0) is 6.18 Å². The molecule has 0 unspecified atom stereocenters. The van der Waals surface area contributed by atoms with Crippen LogP contribution < -0.4 is 5.32 Å². The molecule has 0 amide bonds. The zero-order valence-corrected chi connectivity index (χ0v) is 12.9. The van der Waals surface area contributed by atoms with E-state index in [0.29, 0.717) is 0 Å². The van der Waals surface area contributed by atoms with Crippen LogP contribution >= 0.6 is 0 Å². The highest BCUT2D eigenvalue weighted by atomic mass is 19.4. The summed E-state index contributed by atoms with van der Waals surface area (Å²) in [5.74, 6) is -1.78. The number of anilines is 2. The van der Waals surface area contributed by atoms with Gasteiger partial charge in [0.1, 0.15) is 5.69 Å². The number of phenolic OH excluding ortho intramolecular Hbond substituents is 2. The Hall–Kier alpha value is -3.36. The quantitative estimate of drug-likeness (QED) is 0.472. The van der Waals surface area contributed by atoms with Crippen molar-refractivity contribution >= 4 is 11.6 Å². The summed E-state index contributed by atoms with van der Waals surface area (Å²) in [6.45, 7) is 0. The van der Waals surface area contributed by atoms with E-state index in [1.54, 1.807) is 0 Å². The van der Waals surface area contributed by atoms with E-state index in [1.807, 2.05) is 0 Å². The summed E-state index contributed by atoms with van der Waals surface area (Å²) in [6, 6.07) is 7.98. The number of nitrogens with zero attached hydrogens (tertiary/aromatic N) is 2. The maximum Gasteiger partial charge on any atom is 0.416 e. The number of aromatic hydroxyl groups is 2. The molecule has 26 heavy (non-hydrogen) atoms. The van der Waals surface area contributed by atoms with Gasteiger partial charge >= 0.3 is 6.18 Å². The van der Waals surface area contributed by atoms with Crippen LogP contribution in [0.2, 0.25) is 0 Å². The zero-order chi connectivity index (χ0) is 18.9. The second-order valence-corrected chi connectivity index (χ2v) is 5.30. The van der Waals surface area contributed by atoms with Gasteiger partial charge in [-0.1, -0.05) is 6.07 Å². The Kier molecular flexibility index (Phi) is 4.37. The maximum atomic E-state index is 14.0. The molecule has 1 heterocycles. The number of halogens is 4.